The van der Waals surface area contributed by atoms with E-state index in [0.29, 0.717) is 5.56 Å². The summed E-state index contributed by atoms with van der Waals surface area (Å²) < 4.78 is 1.79. The molecule has 1 amide bonds. The maximum absolute atomic E-state index is 12.3. The summed E-state index contributed by atoms with van der Waals surface area (Å²) in [5.41, 5.74) is 2.66. The molecule has 1 fully saturated rings. The molecule has 1 aliphatic heterocycles. The summed E-state index contributed by atoms with van der Waals surface area (Å²) >= 11 is 0. The molecule has 0 atom stereocenters. The molecule has 0 radical (unpaired) electrons. The van der Waals surface area contributed by atoms with Crippen molar-refractivity contribution >= 4 is 11.6 Å². The summed E-state index contributed by atoms with van der Waals surface area (Å²) in [6, 6.07) is 8.35. The molecule has 1 aromatic carbocycles. The van der Waals surface area contributed by atoms with Crippen LogP contribution in [0.2, 0.25) is 0 Å². The number of anilines is 1. The Morgan fingerprint density at radius 2 is 2.09 bits per heavy atom. The molecule has 0 unspecified atom stereocenters. The molecule has 122 valence electrons. The van der Waals surface area contributed by atoms with Gasteiger partial charge in [0.25, 0.3) is 5.91 Å². The molecule has 2 aromatic rings. The number of hydrogen-bond donors (Lipinski definition) is 1. The van der Waals surface area contributed by atoms with Gasteiger partial charge in [-0.05, 0) is 57.5 Å². The third kappa shape index (κ3) is 3.99. The first-order valence-electron chi connectivity index (χ1n) is 8.28. The average Bonchev–Trinajstić information content (AvgIpc) is 3.18. The predicted octanol–water partition coefficient (Wildman–Crippen LogP) is 3.31. The van der Waals surface area contributed by atoms with Crippen molar-refractivity contribution in [3.8, 4) is 0 Å². The van der Waals surface area contributed by atoms with Gasteiger partial charge < -0.3 is 5.32 Å². The fourth-order valence-corrected chi connectivity index (χ4v) is 2.89. The molecule has 0 bridgehead atoms. The van der Waals surface area contributed by atoms with Crippen LogP contribution in [0.5, 0.6) is 0 Å². The maximum Gasteiger partial charge on any atom is 0.258 e. The molecular formula is C18H24N4O. The van der Waals surface area contributed by atoms with Crippen LogP contribution < -0.4 is 5.32 Å². The maximum atomic E-state index is 12.3. The summed E-state index contributed by atoms with van der Waals surface area (Å²) in [6.45, 7) is 7.37. The summed E-state index contributed by atoms with van der Waals surface area (Å²) in [5.74, 6) is -0.116. The number of hydrogen-bond acceptors (Lipinski definition) is 3. The van der Waals surface area contributed by atoms with Gasteiger partial charge in [0.15, 0.2) is 0 Å². The van der Waals surface area contributed by atoms with Crippen LogP contribution in [-0.4, -0.2) is 33.7 Å². The number of carbonyl (C=O) groups excluding carboxylic acids is 1. The summed E-state index contributed by atoms with van der Waals surface area (Å²) in [6.07, 6.45) is 5.98. The Hall–Kier alpha value is -2.14. The van der Waals surface area contributed by atoms with E-state index >= 15 is 0 Å². The zero-order valence-corrected chi connectivity index (χ0v) is 13.8. The van der Waals surface area contributed by atoms with Gasteiger partial charge in [0.05, 0.1) is 11.8 Å². The second-order valence-electron chi connectivity index (χ2n) is 6.44. The van der Waals surface area contributed by atoms with Crippen molar-refractivity contribution in [2.24, 2.45) is 0 Å². The van der Waals surface area contributed by atoms with Gasteiger partial charge in [-0.3, -0.25) is 14.4 Å². The Labute approximate surface area is 137 Å². The Kier molecular flexibility index (Phi) is 4.76. The Balaban J connectivity index is 1.65. The molecule has 1 saturated heterocycles. The Bertz CT molecular complexity index is 671. The molecule has 1 N–H and O–H groups in total. The number of rotatable bonds is 5. The molecule has 1 aliphatic rings. The molecule has 3 rings (SSSR count). The lowest BCUT2D eigenvalue weighted by atomic mass is 10.2. The van der Waals surface area contributed by atoms with Crippen molar-refractivity contribution in [1.29, 1.82) is 0 Å². The summed E-state index contributed by atoms with van der Waals surface area (Å²) in [7, 11) is 0. The SMILES string of the molecule is CC(C)n1cc(C(=O)Nc2cccc(CN3CCCC3)c2)cn1. The smallest absolute Gasteiger partial charge is 0.258 e. The second-order valence-corrected chi connectivity index (χ2v) is 6.44. The number of likely N-dealkylation sites (tertiary alicyclic amines) is 1. The van der Waals surface area contributed by atoms with Gasteiger partial charge in [0, 0.05) is 24.5 Å². The van der Waals surface area contributed by atoms with Crippen LogP contribution in [-0.2, 0) is 6.54 Å². The molecule has 0 spiro atoms. The fourth-order valence-electron chi connectivity index (χ4n) is 2.89. The van der Waals surface area contributed by atoms with Crippen molar-refractivity contribution in [2.45, 2.75) is 39.3 Å². The van der Waals surface area contributed by atoms with Gasteiger partial charge >= 0.3 is 0 Å². The molecule has 5 heteroatoms. The van der Waals surface area contributed by atoms with E-state index in [1.165, 1.54) is 31.5 Å². The van der Waals surface area contributed by atoms with E-state index in [2.05, 4.69) is 27.4 Å². The largest absolute Gasteiger partial charge is 0.322 e. The topological polar surface area (TPSA) is 50.2 Å². The number of nitrogens with one attached hydrogen (secondary N) is 1. The van der Waals surface area contributed by atoms with Crippen LogP contribution in [0.25, 0.3) is 0 Å². The highest BCUT2D eigenvalue weighted by Gasteiger charge is 2.13. The van der Waals surface area contributed by atoms with Crippen molar-refractivity contribution < 1.29 is 4.79 Å². The highest BCUT2D eigenvalue weighted by atomic mass is 16.1. The summed E-state index contributed by atoms with van der Waals surface area (Å²) in [4.78, 5) is 14.8. The van der Waals surface area contributed by atoms with Crippen LogP contribution in [0.4, 0.5) is 5.69 Å². The monoisotopic (exact) mass is 312 g/mol. The normalized spacial score (nSPS) is 15.3. The highest BCUT2D eigenvalue weighted by Crippen LogP contribution is 2.17. The minimum absolute atomic E-state index is 0.116. The predicted molar refractivity (Wildman–Crippen MR) is 91.5 cm³/mol. The molecular weight excluding hydrogens is 288 g/mol. The molecule has 0 saturated carbocycles. The van der Waals surface area contributed by atoms with E-state index in [-0.39, 0.29) is 11.9 Å². The number of amides is 1. The van der Waals surface area contributed by atoms with E-state index in [1.54, 1.807) is 17.1 Å². The lowest BCUT2D eigenvalue weighted by Crippen LogP contribution is -2.18. The lowest BCUT2D eigenvalue weighted by Gasteiger charge is -2.15. The summed E-state index contributed by atoms with van der Waals surface area (Å²) in [5, 5.41) is 7.18. The Morgan fingerprint density at radius 1 is 1.30 bits per heavy atom. The van der Waals surface area contributed by atoms with Crippen LogP contribution in [0.15, 0.2) is 36.7 Å². The van der Waals surface area contributed by atoms with Crippen LogP contribution in [0.1, 0.15) is 48.7 Å². The van der Waals surface area contributed by atoms with Gasteiger partial charge in [-0.15, -0.1) is 0 Å². The molecule has 2 heterocycles. The third-order valence-corrected chi connectivity index (χ3v) is 4.18. The van der Waals surface area contributed by atoms with E-state index < -0.39 is 0 Å². The lowest BCUT2D eigenvalue weighted by molar-refractivity contribution is 0.102. The standard InChI is InChI=1S/C18H24N4O/c1-14(2)22-13-16(11-19-22)18(23)20-17-7-5-6-15(10-17)12-21-8-3-4-9-21/h5-7,10-11,13-14H,3-4,8-9,12H2,1-2H3,(H,20,23). The first kappa shape index (κ1) is 15.7. The van der Waals surface area contributed by atoms with E-state index in [9.17, 15) is 4.79 Å². The number of carbonyl (C=O) groups is 1. The number of aromatic nitrogens is 2. The van der Waals surface area contributed by atoms with Crippen LogP contribution in [0, 0.1) is 0 Å². The van der Waals surface area contributed by atoms with Gasteiger partial charge in [-0.1, -0.05) is 12.1 Å². The zero-order valence-electron chi connectivity index (χ0n) is 13.8. The molecule has 23 heavy (non-hydrogen) atoms. The van der Waals surface area contributed by atoms with Crippen molar-refractivity contribution in [3.05, 3.63) is 47.8 Å². The van der Waals surface area contributed by atoms with E-state index in [4.69, 9.17) is 0 Å². The first-order chi connectivity index (χ1) is 11.1. The van der Waals surface area contributed by atoms with Gasteiger partial charge in [-0.25, -0.2) is 0 Å². The highest BCUT2D eigenvalue weighted by molar-refractivity contribution is 6.03. The van der Waals surface area contributed by atoms with Gasteiger partial charge in [0.2, 0.25) is 0 Å². The van der Waals surface area contributed by atoms with Crippen molar-refractivity contribution in [3.63, 3.8) is 0 Å². The minimum Gasteiger partial charge on any atom is -0.322 e. The molecule has 5 nitrogen and oxygen atoms in total. The zero-order chi connectivity index (χ0) is 16.2. The van der Waals surface area contributed by atoms with Crippen molar-refractivity contribution in [2.75, 3.05) is 18.4 Å². The Morgan fingerprint density at radius 3 is 2.78 bits per heavy atom. The average molecular weight is 312 g/mol. The molecule has 1 aromatic heterocycles. The molecule has 0 aliphatic carbocycles. The third-order valence-electron chi connectivity index (χ3n) is 4.18. The second kappa shape index (κ2) is 6.96. The fraction of sp³-hybridized carbons (Fsp3) is 0.444. The quantitative estimate of drug-likeness (QED) is 0.921. The van der Waals surface area contributed by atoms with Crippen LogP contribution >= 0.6 is 0 Å². The van der Waals surface area contributed by atoms with E-state index in [0.717, 1.165) is 12.2 Å². The van der Waals surface area contributed by atoms with Gasteiger partial charge in [0.1, 0.15) is 0 Å². The van der Waals surface area contributed by atoms with Gasteiger partial charge in [-0.2, -0.15) is 5.10 Å². The number of benzene rings is 1. The van der Waals surface area contributed by atoms with Crippen LogP contribution in [0.3, 0.4) is 0 Å². The van der Waals surface area contributed by atoms with Crippen molar-refractivity contribution in [1.82, 2.24) is 14.7 Å². The number of nitrogens with zero attached hydrogens (tertiary/aromatic N) is 3. The van der Waals surface area contributed by atoms with E-state index in [1.807, 2.05) is 26.0 Å². The first-order valence-corrected chi connectivity index (χ1v) is 8.28. The minimum atomic E-state index is -0.116.